The smallest absolute Gasteiger partial charge is 0.325 e. The van der Waals surface area contributed by atoms with Crippen molar-refractivity contribution >= 4 is 51.4 Å². The molecule has 7 nitrogen and oxygen atoms in total. The van der Waals surface area contributed by atoms with Crippen molar-refractivity contribution in [2.45, 2.75) is 13.8 Å². The Morgan fingerprint density at radius 2 is 1.83 bits per heavy atom. The first kappa shape index (κ1) is 20.6. The topological polar surface area (TPSA) is 92.3 Å². The number of halogens is 1. The van der Waals surface area contributed by atoms with E-state index in [1.165, 1.54) is 7.11 Å². The predicted octanol–water partition coefficient (Wildman–Crippen LogP) is 5.32. The van der Waals surface area contributed by atoms with Crippen LogP contribution < -0.4 is 20.7 Å². The molecule has 150 valence electrons. The number of aromatic nitrogens is 1. The van der Waals surface area contributed by atoms with Gasteiger partial charge in [0.2, 0.25) is 0 Å². The van der Waals surface area contributed by atoms with Crippen molar-refractivity contribution in [1.29, 1.82) is 0 Å². The summed E-state index contributed by atoms with van der Waals surface area (Å²) in [5.74, 6) is 0.216. The molecule has 0 saturated carbocycles. The summed E-state index contributed by atoms with van der Waals surface area (Å²) in [7, 11) is 1.52. The third kappa shape index (κ3) is 5.04. The van der Waals surface area contributed by atoms with Crippen LogP contribution in [0.2, 0.25) is 5.02 Å². The van der Waals surface area contributed by atoms with Crippen molar-refractivity contribution in [2.24, 2.45) is 0 Å². The Morgan fingerprint density at radius 3 is 2.55 bits per heavy atom. The Labute approximate surface area is 177 Å². The van der Waals surface area contributed by atoms with Gasteiger partial charge in [-0.15, -0.1) is 0 Å². The first-order chi connectivity index (χ1) is 13.9. The van der Waals surface area contributed by atoms with Gasteiger partial charge in [-0.3, -0.25) is 10.1 Å². The lowest BCUT2D eigenvalue weighted by molar-refractivity contribution is 0.103. The molecule has 1 aromatic heterocycles. The number of nitrogens with one attached hydrogen (secondary N) is 3. The first-order valence-corrected chi connectivity index (χ1v) is 9.82. The SMILES string of the molecule is COc1ccccc1NC(=O)Nc1nc(C)c(C(=O)Nc2ccc(C)c(Cl)c2)s1. The summed E-state index contributed by atoms with van der Waals surface area (Å²) in [6.07, 6.45) is 0. The van der Waals surface area contributed by atoms with E-state index >= 15 is 0 Å². The number of hydrogen-bond acceptors (Lipinski definition) is 5. The van der Waals surface area contributed by atoms with Gasteiger partial charge in [0, 0.05) is 10.7 Å². The fourth-order valence-corrected chi connectivity index (χ4v) is 3.55. The molecular formula is C20H19ClN4O3S. The highest BCUT2D eigenvalue weighted by Gasteiger charge is 2.17. The first-order valence-electron chi connectivity index (χ1n) is 8.63. The van der Waals surface area contributed by atoms with Gasteiger partial charge in [0.15, 0.2) is 5.13 Å². The molecular weight excluding hydrogens is 412 g/mol. The molecule has 0 aliphatic carbocycles. The number of carbonyl (C=O) groups is 2. The molecule has 0 radical (unpaired) electrons. The summed E-state index contributed by atoms with van der Waals surface area (Å²) in [5, 5.41) is 9.00. The van der Waals surface area contributed by atoms with E-state index in [0.29, 0.717) is 37.8 Å². The standard InChI is InChI=1S/C20H19ClN4O3S/c1-11-8-9-13(10-14(11)21)23-18(26)17-12(2)22-20(29-17)25-19(27)24-15-6-4-5-7-16(15)28-3/h4-10H,1-3H3,(H,23,26)(H2,22,24,25,27). The molecule has 3 aromatic rings. The molecule has 0 saturated heterocycles. The average Bonchev–Trinajstić information content (AvgIpc) is 3.05. The van der Waals surface area contributed by atoms with E-state index in [1.807, 2.05) is 13.0 Å². The molecule has 3 N–H and O–H groups in total. The van der Waals surface area contributed by atoms with Crippen molar-refractivity contribution in [3.05, 3.63) is 63.6 Å². The van der Waals surface area contributed by atoms with E-state index in [2.05, 4.69) is 20.9 Å². The second kappa shape index (κ2) is 8.93. The fraction of sp³-hybridized carbons (Fsp3) is 0.150. The number of thiazole rings is 1. The maximum Gasteiger partial charge on any atom is 0.325 e. The van der Waals surface area contributed by atoms with E-state index in [9.17, 15) is 9.59 Å². The summed E-state index contributed by atoms with van der Waals surface area (Å²) in [5.41, 5.74) is 2.54. The molecule has 1 heterocycles. The molecule has 9 heteroatoms. The van der Waals surface area contributed by atoms with Gasteiger partial charge in [0.05, 0.1) is 18.5 Å². The lowest BCUT2D eigenvalue weighted by Crippen LogP contribution is -2.19. The van der Waals surface area contributed by atoms with Crippen LogP contribution in [0.25, 0.3) is 0 Å². The molecule has 0 unspecified atom stereocenters. The minimum Gasteiger partial charge on any atom is -0.495 e. The number of urea groups is 1. The number of benzene rings is 2. The number of carbonyl (C=O) groups excluding carboxylic acids is 2. The highest BCUT2D eigenvalue weighted by Crippen LogP contribution is 2.27. The number of nitrogens with zero attached hydrogens (tertiary/aromatic N) is 1. The van der Waals surface area contributed by atoms with Crippen LogP contribution in [0.15, 0.2) is 42.5 Å². The van der Waals surface area contributed by atoms with Gasteiger partial charge in [-0.25, -0.2) is 9.78 Å². The van der Waals surface area contributed by atoms with Gasteiger partial charge >= 0.3 is 6.03 Å². The van der Waals surface area contributed by atoms with Gasteiger partial charge in [0.1, 0.15) is 10.6 Å². The van der Waals surface area contributed by atoms with Gasteiger partial charge in [-0.05, 0) is 43.7 Å². The molecule has 29 heavy (non-hydrogen) atoms. The number of para-hydroxylation sites is 2. The highest BCUT2D eigenvalue weighted by molar-refractivity contribution is 7.17. The molecule has 0 bridgehead atoms. The maximum absolute atomic E-state index is 12.6. The van der Waals surface area contributed by atoms with Crippen LogP contribution in [0.4, 0.5) is 21.3 Å². The Kier molecular flexibility index (Phi) is 6.36. The second-order valence-electron chi connectivity index (χ2n) is 6.13. The van der Waals surface area contributed by atoms with Gasteiger partial charge < -0.3 is 15.4 Å². The molecule has 3 amide bonds. The van der Waals surface area contributed by atoms with Gasteiger partial charge in [0.25, 0.3) is 5.91 Å². The number of methoxy groups -OCH3 is 1. The highest BCUT2D eigenvalue weighted by atomic mass is 35.5. The Morgan fingerprint density at radius 1 is 1.07 bits per heavy atom. The van der Waals surface area contributed by atoms with Crippen LogP contribution in [0.5, 0.6) is 5.75 Å². The van der Waals surface area contributed by atoms with Crippen LogP contribution in [0.3, 0.4) is 0 Å². The Balaban J connectivity index is 1.68. The lowest BCUT2D eigenvalue weighted by atomic mass is 10.2. The number of anilines is 3. The summed E-state index contributed by atoms with van der Waals surface area (Å²) >= 11 is 7.18. The van der Waals surface area contributed by atoms with Crippen molar-refractivity contribution < 1.29 is 14.3 Å². The summed E-state index contributed by atoms with van der Waals surface area (Å²) in [4.78, 5) is 29.5. The van der Waals surface area contributed by atoms with Crippen LogP contribution in [0.1, 0.15) is 20.9 Å². The molecule has 0 spiro atoms. The quantitative estimate of drug-likeness (QED) is 0.510. The average molecular weight is 431 g/mol. The van der Waals surface area contributed by atoms with E-state index < -0.39 is 6.03 Å². The minimum absolute atomic E-state index is 0.307. The largest absolute Gasteiger partial charge is 0.495 e. The number of hydrogen-bond donors (Lipinski definition) is 3. The Hall–Kier alpha value is -3.10. The van der Waals surface area contributed by atoms with Gasteiger partial charge in [-0.2, -0.15) is 0 Å². The number of amides is 3. The normalized spacial score (nSPS) is 10.3. The van der Waals surface area contributed by atoms with Gasteiger partial charge in [-0.1, -0.05) is 41.1 Å². The predicted molar refractivity (Wildman–Crippen MR) is 117 cm³/mol. The van der Waals surface area contributed by atoms with Crippen molar-refractivity contribution in [3.63, 3.8) is 0 Å². The number of aryl methyl sites for hydroxylation is 2. The van der Waals surface area contributed by atoms with Crippen LogP contribution in [0, 0.1) is 13.8 Å². The van der Waals surface area contributed by atoms with E-state index in [-0.39, 0.29) is 5.91 Å². The van der Waals surface area contributed by atoms with Crippen LogP contribution in [-0.4, -0.2) is 24.0 Å². The van der Waals surface area contributed by atoms with Crippen molar-refractivity contribution in [3.8, 4) is 5.75 Å². The fourth-order valence-electron chi connectivity index (χ4n) is 2.52. The molecule has 2 aromatic carbocycles. The molecule has 0 fully saturated rings. The Bertz CT molecular complexity index is 1070. The zero-order valence-corrected chi connectivity index (χ0v) is 17.6. The zero-order chi connectivity index (χ0) is 21.0. The molecule has 0 aliphatic rings. The lowest BCUT2D eigenvalue weighted by Gasteiger charge is -2.09. The summed E-state index contributed by atoms with van der Waals surface area (Å²) < 4.78 is 5.21. The van der Waals surface area contributed by atoms with Crippen LogP contribution >= 0.6 is 22.9 Å². The van der Waals surface area contributed by atoms with E-state index in [0.717, 1.165) is 16.9 Å². The third-order valence-electron chi connectivity index (χ3n) is 4.01. The summed E-state index contributed by atoms with van der Waals surface area (Å²) in [6, 6.07) is 11.8. The monoisotopic (exact) mass is 430 g/mol. The number of rotatable bonds is 5. The van der Waals surface area contributed by atoms with E-state index in [4.69, 9.17) is 16.3 Å². The third-order valence-corrected chi connectivity index (χ3v) is 5.49. The van der Waals surface area contributed by atoms with Crippen molar-refractivity contribution in [1.82, 2.24) is 4.98 Å². The maximum atomic E-state index is 12.6. The van der Waals surface area contributed by atoms with Crippen molar-refractivity contribution in [2.75, 3.05) is 23.1 Å². The summed E-state index contributed by atoms with van der Waals surface area (Å²) in [6.45, 7) is 3.59. The van der Waals surface area contributed by atoms with E-state index in [1.54, 1.807) is 43.3 Å². The van der Waals surface area contributed by atoms with Crippen LogP contribution in [-0.2, 0) is 0 Å². The molecule has 3 rings (SSSR count). The molecule has 0 aliphatic heterocycles. The number of ether oxygens (including phenoxy) is 1. The second-order valence-corrected chi connectivity index (χ2v) is 7.54. The zero-order valence-electron chi connectivity index (χ0n) is 16.0. The minimum atomic E-state index is -0.486. The molecule has 0 atom stereocenters.